The Hall–Kier alpha value is -2.37. The Balaban J connectivity index is 1.50. The van der Waals surface area contributed by atoms with Gasteiger partial charge in [-0.1, -0.05) is 0 Å². The first-order valence-corrected chi connectivity index (χ1v) is 8.56. The summed E-state index contributed by atoms with van der Waals surface area (Å²) in [6.45, 7) is 3.71. The van der Waals surface area contributed by atoms with Crippen LogP contribution >= 0.6 is 0 Å². The number of anilines is 1. The highest BCUT2D eigenvalue weighted by molar-refractivity contribution is 5.76. The van der Waals surface area contributed by atoms with Crippen molar-refractivity contribution in [2.75, 3.05) is 25.0 Å². The second-order valence-corrected chi connectivity index (χ2v) is 6.49. The van der Waals surface area contributed by atoms with Gasteiger partial charge in [0.15, 0.2) is 5.82 Å². The molecule has 6 nitrogen and oxygen atoms in total. The SMILES string of the molecule is C[C@@H](CC(=O)N1CCC(N(C)c2cccnn2)CC1)n1cccc1. The summed E-state index contributed by atoms with van der Waals surface area (Å²) in [5.74, 6) is 1.14. The van der Waals surface area contributed by atoms with Gasteiger partial charge in [-0.25, -0.2) is 0 Å². The molecule has 0 spiro atoms. The molecule has 128 valence electrons. The van der Waals surface area contributed by atoms with Crippen molar-refractivity contribution in [2.45, 2.75) is 38.3 Å². The Morgan fingerprint density at radius 1 is 1.29 bits per heavy atom. The van der Waals surface area contributed by atoms with Crippen molar-refractivity contribution in [3.05, 3.63) is 42.9 Å². The zero-order valence-electron chi connectivity index (χ0n) is 14.4. The van der Waals surface area contributed by atoms with Crippen molar-refractivity contribution in [1.29, 1.82) is 0 Å². The van der Waals surface area contributed by atoms with Crippen LogP contribution in [0.1, 0.15) is 32.2 Å². The van der Waals surface area contributed by atoms with E-state index in [1.54, 1.807) is 6.20 Å². The molecule has 6 heteroatoms. The number of likely N-dealkylation sites (tertiary alicyclic amines) is 1. The van der Waals surface area contributed by atoms with Gasteiger partial charge in [0.2, 0.25) is 5.91 Å². The monoisotopic (exact) mass is 327 g/mol. The molecule has 3 heterocycles. The molecule has 1 fully saturated rings. The average Bonchev–Trinajstić information content (AvgIpc) is 3.17. The lowest BCUT2D eigenvalue weighted by Gasteiger charge is -2.37. The number of nitrogens with zero attached hydrogens (tertiary/aromatic N) is 5. The van der Waals surface area contributed by atoms with Crippen LogP contribution in [0.3, 0.4) is 0 Å². The summed E-state index contributed by atoms with van der Waals surface area (Å²) < 4.78 is 2.09. The molecule has 2 aromatic rings. The van der Waals surface area contributed by atoms with Gasteiger partial charge in [-0.2, -0.15) is 5.10 Å². The van der Waals surface area contributed by atoms with E-state index in [9.17, 15) is 4.79 Å². The van der Waals surface area contributed by atoms with Crippen molar-refractivity contribution in [3.63, 3.8) is 0 Å². The zero-order chi connectivity index (χ0) is 16.9. The lowest BCUT2D eigenvalue weighted by atomic mass is 10.0. The van der Waals surface area contributed by atoms with Gasteiger partial charge in [0, 0.05) is 57.2 Å². The molecule has 0 aliphatic carbocycles. The molecule has 0 saturated carbocycles. The fraction of sp³-hybridized carbons (Fsp3) is 0.500. The largest absolute Gasteiger partial charge is 0.355 e. The molecule has 2 aromatic heterocycles. The summed E-state index contributed by atoms with van der Waals surface area (Å²) in [5.41, 5.74) is 0. The fourth-order valence-corrected chi connectivity index (χ4v) is 3.30. The van der Waals surface area contributed by atoms with E-state index in [-0.39, 0.29) is 11.9 Å². The Labute approximate surface area is 143 Å². The van der Waals surface area contributed by atoms with Crippen LogP contribution in [0.15, 0.2) is 42.9 Å². The van der Waals surface area contributed by atoms with Crippen LogP contribution in [0.2, 0.25) is 0 Å². The fourth-order valence-electron chi connectivity index (χ4n) is 3.30. The summed E-state index contributed by atoms with van der Waals surface area (Å²) in [6.07, 6.45) is 8.21. The topological polar surface area (TPSA) is 54.3 Å². The van der Waals surface area contributed by atoms with Crippen molar-refractivity contribution in [1.82, 2.24) is 19.7 Å². The number of hydrogen-bond acceptors (Lipinski definition) is 4. The summed E-state index contributed by atoms with van der Waals surface area (Å²) >= 11 is 0. The highest BCUT2D eigenvalue weighted by Crippen LogP contribution is 2.21. The van der Waals surface area contributed by atoms with Crippen molar-refractivity contribution in [2.24, 2.45) is 0 Å². The third-order valence-corrected chi connectivity index (χ3v) is 4.89. The van der Waals surface area contributed by atoms with Crippen molar-refractivity contribution in [3.8, 4) is 0 Å². The zero-order valence-corrected chi connectivity index (χ0v) is 14.4. The first-order valence-electron chi connectivity index (χ1n) is 8.56. The van der Waals surface area contributed by atoms with Gasteiger partial charge in [0.1, 0.15) is 0 Å². The summed E-state index contributed by atoms with van der Waals surface area (Å²) in [6, 6.07) is 8.48. The summed E-state index contributed by atoms with van der Waals surface area (Å²) in [5, 5.41) is 8.11. The van der Waals surface area contributed by atoms with E-state index in [0.717, 1.165) is 31.7 Å². The molecule has 0 N–H and O–H groups in total. The number of carbonyl (C=O) groups is 1. The quantitative estimate of drug-likeness (QED) is 0.846. The smallest absolute Gasteiger partial charge is 0.224 e. The van der Waals surface area contributed by atoms with Gasteiger partial charge < -0.3 is 14.4 Å². The lowest BCUT2D eigenvalue weighted by molar-refractivity contribution is -0.132. The van der Waals surface area contributed by atoms with Crippen molar-refractivity contribution >= 4 is 11.7 Å². The van der Waals surface area contributed by atoms with E-state index in [4.69, 9.17) is 0 Å². The third kappa shape index (κ3) is 3.75. The first kappa shape index (κ1) is 16.5. The van der Waals surface area contributed by atoms with Gasteiger partial charge in [-0.15, -0.1) is 5.10 Å². The Bertz CT molecular complexity index is 635. The van der Waals surface area contributed by atoms with Gasteiger partial charge in [0.25, 0.3) is 0 Å². The minimum atomic E-state index is 0.201. The molecule has 1 aliphatic rings. The van der Waals surface area contributed by atoms with Gasteiger partial charge in [-0.05, 0) is 44.0 Å². The van der Waals surface area contributed by atoms with E-state index in [0.29, 0.717) is 12.5 Å². The second kappa shape index (κ2) is 7.47. The van der Waals surface area contributed by atoms with Crippen LogP contribution in [-0.2, 0) is 4.79 Å². The molecule has 1 amide bonds. The Morgan fingerprint density at radius 3 is 2.62 bits per heavy atom. The number of amides is 1. The summed E-state index contributed by atoms with van der Waals surface area (Å²) in [4.78, 5) is 16.7. The van der Waals surface area contributed by atoms with Crippen LogP contribution in [0.25, 0.3) is 0 Å². The number of aromatic nitrogens is 3. The maximum atomic E-state index is 12.5. The van der Waals surface area contributed by atoms with Crippen LogP contribution in [0.4, 0.5) is 5.82 Å². The van der Waals surface area contributed by atoms with Crippen LogP contribution in [0.5, 0.6) is 0 Å². The minimum absolute atomic E-state index is 0.201. The molecular formula is C18H25N5O. The predicted molar refractivity (Wildman–Crippen MR) is 93.8 cm³/mol. The lowest BCUT2D eigenvalue weighted by Crippen LogP contribution is -2.46. The highest BCUT2D eigenvalue weighted by atomic mass is 16.2. The molecule has 0 bridgehead atoms. The van der Waals surface area contributed by atoms with Crippen LogP contribution in [0, 0.1) is 0 Å². The second-order valence-electron chi connectivity index (χ2n) is 6.49. The van der Waals surface area contributed by atoms with Crippen LogP contribution < -0.4 is 4.90 Å². The highest BCUT2D eigenvalue weighted by Gasteiger charge is 2.26. The van der Waals surface area contributed by atoms with E-state index in [2.05, 4.69) is 33.6 Å². The predicted octanol–water partition coefficient (Wildman–Crippen LogP) is 2.36. The molecule has 1 saturated heterocycles. The van der Waals surface area contributed by atoms with Gasteiger partial charge in [0.05, 0.1) is 0 Å². The Morgan fingerprint density at radius 2 is 2.00 bits per heavy atom. The van der Waals surface area contributed by atoms with Crippen LogP contribution in [-0.4, -0.2) is 51.8 Å². The molecule has 3 rings (SSSR count). The number of rotatable bonds is 5. The molecule has 0 unspecified atom stereocenters. The standard InChI is InChI=1S/C18H25N5O/c1-15(22-10-3-4-11-22)14-18(24)23-12-7-16(8-13-23)21(2)17-6-5-9-19-20-17/h3-6,9-11,15-16H,7-8,12-14H2,1-2H3/t15-/m0/s1. The maximum Gasteiger partial charge on any atom is 0.224 e. The van der Waals surface area contributed by atoms with E-state index < -0.39 is 0 Å². The van der Waals surface area contributed by atoms with E-state index >= 15 is 0 Å². The normalized spacial score (nSPS) is 16.8. The molecule has 24 heavy (non-hydrogen) atoms. The summed E-state index contributed by atoms with van der Waals surface area (Å²) in [7, 11) is 2.06. The van der Waals surface area contributed by atoms with E-state index in [1.165, 1.54) is 0 Å². The molecular weight excluding hydrogens is 302 g/mol. The molecule has 1 aliphatic heterocycles. The molecule has 0 radical (unpaired) electrons. The molecule has 0 aromatic carbocycles. The van der Waals surface area contributed by atoms with Gasteiger partial charge in [-0.3, -0.25) is 4.79 Å². The number of piperidine rings is 1. The van der Waals surface area contributed by atoms with Gasteiger partial charge >= 0.3 is 0 Å². The maximum absolute atomic E-state index is 12.5. The van der Waals surface area contributed by atoms with E-state index in [1.807, 2.05) is 41.6 Å². The first-order chi connectivity index (χ1) is 11.6. The third-order valence-electron chi connectivity index (χ3n) is 4.89. The van der Waals surface area contributed by atoms with Crippen molar-refractivity contribution < 1.29 is 4.79 Å². The number of carbonyl (C=O) groups excluding carboxylic acids is 1. The number of hydrogen-bond donors (Lipinski definition) is 0. The minimum Gasteiger partial charge on any atom is -0.355 e. The molecule has 1 atom stereocenters. The average molecular weight is 327 g/mol. The Kier molecular flexibility index (Phi) is 5.13.